The van der Waals surface area contributed by atoms with Crippen LogP contribution in [0.1, 0.15) is 18.4 Å². The third-order valence-corrected chi connectivity index (χ3v) is 5.66. The van der Waals surface area contributed by atoms with Crippen molar-refractivity contribution >= 4 is 5.96 Å². The lowest BCUT2D eigenvalue weighted by atomic mass is 9.87. The fourth-order valence-electron chi connectivity index (χ4n) is 3.94. The molecule has 1 aromatic carbocycles. The number of benzene rings is 1. The highest BCUT2D eigenvalue weighted by molar-refractivity contribution is 5.80. The maximum atomic E-state index is 5.78. The molecule has 0 bridgehead atoms. The van der Waals surface area contributed by atoms with Crippen LogP contribution >= 0.6 is 0 Å². The monoisotopic (exact) mass is 396 g/mol. The summed E-state index contributed by atoms with van der Waals surface area (Å²) in [5.41, 5.74) is 1.39. The van der Waals surface area contributed by atoms with E-state index in [-0.39, 0.29) is 0 Å². The molecular weight excluding hydrogens is 368 g/mol. The molecule has 7 nitrogen and oxygen atoms in total. The van der Waals surface area contributed by atoms with E-state index in [2.05, 4.69) is 20.2 Å². The number of likely N-dealkylation sites (tertiary alicyclic amines) is 1. The molecule has 2 aliphatic rings. The first-order valence-electron chi connectivity index (χ1n) is 10.00. The Morgan fingerprint density at radius 1 is 1.21 bits per heavy atom. The fourth-order valence-corrected chi connectivity index (χ4v) is 3.94. The van der Waals surface area contributed by atoms with Crippen molar-refractivity contribution in [1.82, 2.24) is 15.2 Å². The molecule has 7 heteroatoms. The lowest BCUT2D eigenvalue weighted by molar-refractivity contribution is 0.156. The number of aromatic nitrogens is 1. The van der Waals surface area contributed by atoms with E-state index < -0.39 is 0 Å². The molecule has 1 N–H and O–H groups in total. The van der Waals surface area contributed by atoms with Crippen molar-refractivity contribution in [3.05, 3.63) is 48.2 Å². The van der Waals surface area contributed by atoms with Crippen molar-refractivity contribution in [2.24, 2.45) is 10.4 Å². The third-order valence-electron chi connectivity index (χ3n) is 5.66. The van der Waals surface area contributed by atoms with Gasteiger partial charge in [0.2, 0.25) is 5.88 Å². The van der Waals surface area contributed by atoms with Crippen LogP contribution in [0.3, 0.4) is 0 Å². The molecule has 0 saturated carbocycles. The minimum atomic E-state index is 0.319. The molecular formula is C22H28N4O3. The number of guanidine groups is 1. The molecule has 1 unspecified atom stereocenters. The normalized spacial score (nSPS) is 21.6. The number of hydrogen-bond acceptors (Lipinski definition) is 5. The summed E-state index contributed by atoms with van der Waals surface area (Å²) in [6, 6.07) is 11.3. The Balaban J connectivity index is 1.30. The van der Waals surface area contributed by atoms with E-state index in [4.69, 9.17) is 14.2 Å². The Bertz CT molecular complexity index is 830. The van der Waals surface area contributed by atoms with Crippen LogP contribution in [0.25, 0.3) is 0 Å². The highest BCUT2D eigenvalue weighted by atomic mass is 16.5. The zero-order valence-electron chi connectivity index (χ0n) is 17.1. The van der Waals surface area contributed by atoms with Gasteiger partial charge in [-0.1, -0.05) is 6.07 Å². The van der Waals surface area contributed by atoms with Gasteiger partial charge in [-0.15, -0.1) is 0 Å². The van der Waals surface area contributed by atoms with Gasteiger partial charge in [-0.3, -0.25) is 4.99 Å². The number of aliphatic imine (C=N–C) groups is 1. The van der Waals surface area contributed by atoms with Crippen LogP contribution in [0.15, 0.2) is 47.6 Å². The minimum absolute atomic E-state index is 0.319. The molecule has 154 valence electrons. The smallest absolute Gasteiger partial charge is 0.219 e. The van der Waals surface area contributed by atoms with Crippen LogP contribution in [-0.4, -0.2) is 56.3 Å². The summed E-state index contributed by atoms with van der Waals surface area (Å²) in [5.74, 6) is 3.02. The number of hydrogen-bond donors (Lipinski definition) is 1. The Morgan fingerprint density at radius 3 is 2.69 bits per heavy atom. The molecule has 2 saturated heterocycles. The lowest BCUT2D eigenvalue weighted by Crippen LogP contribution is -2.41. The van der Waals surface area contributed by atoms with Crippen LogP contribution in [0.2, 0.25) is 0 Å². The zero-order valence-corrected chi connectivity index (χ0v) is 17.1. The molecule has 0 aliphatic carbocycles. The first kappa shape index (κ1) is 19.5. The van der Waals surface area contributed by atoms with Crippen LogP contribution in [0, 0.1) is 5.41 Å². The predicted octanol–water partition coefficient (Wildman–Crippen LogP) is 3.07. The second kappa shape index (κ2) is 8.69. The summed E-state index contributed by atoms with van der Waals surface area (Å²) in [6.07, 6.45) is 4.15. The molecule has 2 aliphatic heterocycles. The maximum Gasteiger partial charge on any atom is 0.219 e. The summed E-state index contributed by atoms with van der Waals surface area (Å²) in [6.45, 7) is 4.47. The topological polar surface area (TPSA) is 68.2 Å². The van der Waals surface area contributed by atoms with E-state index in [1.54, 1.807) is 7.11 Å². The van der Waals surface area contributed by atoms with Crippen LogP contribution in [-0.2, 0) is 11.3 Å². The molecule has 29 heavy (non-hydrogen) atoms. The van der Waals surface area contributed by atoms with E-state index in [0.717, 1.165) is 55.7 Å². The number of rotatable bonds is 5. The van der Waals surface area contributed by atoms with Gasteiger partial charge in [-0.25, -0.2) is 4.98 Å². The van der Waals surface area contributed by atoms with E-state index in [0.29, 0.717) is 17.8 Å². The Morgan fingerprint density at radius 2 is 2.03 bits per heavy atom. The predicted molar refractivity (Wildman–Crippen MR) is 112 cm³/mol. The average Bonchev–Trinajstić information content (AvgIpc) is 3.40. The summed E-state index contributed by atoms with van der Waals surface area (Å²) in [5, 5.41) is 3.46. The van der Waals surface area contributed by atoms with Gasteiger partial charge in [0.15, 0.2) is 5.96 Å². The van der Waals surface area contributed by atoms with Crippen molar-refractivity contribution in [2.45, 2.75) is 19.4 Å². The van der Waals surface area contributed by atoms with Gasteiger partial charge in [0, 0.05) is 51.0 Å². The highest BCUT2D eigenvalue weighted by Gasteiger charge is 2.42. The largest absolute Gasteiger partial charge is 0.497 e. The molecule has 2 aromatic rings. The van der Waals surface area contributed by atoms with Gasteiger partial charge in [-0.05, 0) is 42.7 Å². The minimum Gasteiger partial charge on any atom is -0.497 e. The second-order valence-corrected chi connectivity index (χ2v) is 7.66. The van der Waals surface area contributed by atoms with Crippen LogP contribution in [0.4, 0.5) is 0 Å². The molecule has 0 radical (unpaired) electrons. The lowest BCUT2D eigenvalue weighted by Gasteiger charge is -2.25. The van der Waals surface area contributed by atoms with Gasteiger partial charge in [0.1, 0.15) is 11.5 Å². The Kier molecular flexibility index (Phi) is 5.85. The standard InChI is InChI=1S/C22H28N4O3/c1-23-21(26-11-9-22(15-26)10-12-28-16-22)25-14-17-3-8-20(24-13-17)29-19-6-4-18(27-2)5-7-19/h3-8,13H,9-12,14-16H2,1-2H3,(H,23,25). The van der Waals surface area contributed by atoms with Gasteiger partial charge in [0.05, 0.1) is 13.7 Å². The third kappa shape index (κ3) is 4.62. The average molecular weight is 396 g/mol. The molecule has 1 atom stereocenters. The van der Waals surface area contributed by atoms with Gasteiger partial charge in [-0.2, -0.15) is 0 Å². The quantitative estimate of drug-likeness (QED) is 0.619. The van der Waals surface area contributed by atoms with E-state index in [9.17, 15) is 0 Å². The van der Waals surface area contributed by atoms with Gasteiger partial charge in [0.25, 0.3) is 0 Å². The van der Waals surface area contributed by atoms with E-state index in [1.165, 1.54) is 6.42 Å². The van der Waals surface area contributed by atoms with Crippen LogP contribution in [0.5, 0.6) is 17.4 Å². The number of pyridine rings is 1. The molecule has 1 aromatic heterocycles. The Hall–Kier alpha value is -2.80. The molecule has 4 rings (SSSR count). The second-order valence-electron chi connectivity index (χ2n) is 7.66. The van der Waals surface area contributed by atoms with Crippen molar-refractivity contribution in [3.8, 4) is 17.4 Å². The van der Waals surface area contributed by atoms with Crippen molar-refractivity contribution in [1.29, 1.82) is 0 Å². The van der Waals surface area contributed by atoms with Gasteiger partial charge >= 0.3 is 0 Å². The Labute approximate surface area is 171 Å². The van der Waals surface area contributed by atoms with E-state index in [1.807, 2.05) is 49.6 Å². The fraction of sp³-hybridized carbons (Fsp3) is 0.455. The number of ether oxygens (including phenoxy) is 3. The summed E-state index contributed by atoms with van der Waals surface area (Å²) in [4.78, 5) is 11.2. The van der Waals surface area contributed by atoms with Crippen LogP contribution < -0.4 is 14.8 Å². The van der Waals surface area contributed by atoms with E-state index >= 15 is 0 Å². The molecule has 3 heterocycles. The van der Waals surface area contributed by atoms with Crippen molar-refractivity contribution in [2.75, 3.05) is 40.5 Å². The highest BCUT2D eigenvalue weighted by Crippen LogP contribution is 2.38. The zero-order chi connectivity index (χ0) is 20.1. The number of nitrogens with zero attached hydrogens (tertiary/aromatic N) is 3. The summed E-state index contributed by atoms with van der Waals surface area (Å²) < 4.78 is 16.6. The SMILES string of the molecule is CN=C(NCc1ccc(Oc2ccc(OC)cc2)nc1)N1CCC2(CCOC2)C1. The molecule has 0 amide bonds. The number of methoxy groups -OCH3 is 1. The summed E-state index contributed by atoms with van der Waals surface area (Å²) in [7, 11) is 3.48. The first-order chi connectivity index (χ1) is 14.2. The summed E-state index contributed by atoms with van der Waals surface area (Å²) >= 11 is 0. The number of nitrogens with one attached hydrogen (secondary N) is 1. The van der Waals surface area contributed by atoms with Crippen molar-refractivity contribution in [3.63, 3.8) is 0 Å². The van der Waals surface area contributed by atoms with Crippen molar-refractivity contribution < 1.29 is 14.2 Å². The first-order valence-corrected chi connectivity index (χ1v) is 10.00. The molecule has 2 fully saturated rings. The van der Waals surface area contributed by atoms with Gasteiger partial charge < -0.3 is 24.4 Å². The molecule has 1 spiro atoms. The maximum absolute atomic E-state index is 5.78.